The van der Waals surface area contributed by atoms with Crippen LogP contribution in [0, 0.1) is 11.7 Å². The number of benzene rings is 1. The number of nitrogens with zero attached hydrogens (tertiary/aromatic N) is 2. The highest BCUT2D eigenvalue weighted by Gasteiger charge is 2.45. The summed E-state index contributed by atoms with van der Waals surface area (Å²) in [7, 11) is 0. The number of anilines is 1. The number of carbonyl (C=O) groups is 1. The van der Waals surface area contributed by atoms with Gasteiger partial charge in [-0.05, 0) is 49.1 Å². The van der Waals surface area contributed by atoms with Gasteiger partial charge in [0.2, 0.25) is 0 Å². The molecule has 1 fully saturated rings. The zero-order valence-electron chi connectivity index (χ0n) is 17.1. The monoisotopic (exact) mass is 466 g/mol. The van der Waals surface area contributed by atoms with Crippen LogP contribution in [0.3, 0.4) is 0 Å². The van der Waals surface area contributed by atoms with Crippen molar-refractivity contribution < 1.29 is 22.4 Å². The minimum atomic E-state index is -4.54. The third-order valence-corrected chi connectivity index (χ3v) is 7.00. The zero-order chi connectivity index (χ0) is 22.9. The SMILES string of the molecule is NC1=NC2(c3cc(NC(=O)c4ccc(C(F)(F)F)cn4)ccc3F)CCCCCC2CS1. The number of halogens is 4. The minimum absolute atomic E-state index is 0.124. The van der Waals surface area contributed by atoms with Crippen molar-refractivity contribution in [1.29, 1.82) is 0 Å². The van der Waals surface area contributed by atoms with Gasteiger partial charge in [-0.3, -0.25) is 14.8 Å². The smallest absolute Gasteiger partial charge is 0.379 e. The van der Waals surface area contributed by atoms with Crippen molar-refractivity contribution in [3.63, 3.8) is 0 Å². The number of hydrogen-bond donors (Lipinski definition) is 2. The first kappa shape index (κ1) is 22.6. The highest BCUT2D eigenvalue weighted by atomic mass is 32.2. The number of aromatic nitrogens is 1. The number of pyridine rings is 1. The Balaban J connectivity index is 1.64. The molecule has 5 nitrogen and oxygen atoms in total. The van der Waals surface area contributed by atoms with Gasteiger partial charge in [0.25, 0.3) is 5.91 Å². The fraction of sp³-hybridized carbons (Fsp3) is 0.409. The van der Waals surface area contributed by atoms with E-state index in [0.717, 1.165) is 43.6 Å². The molecule has 1 aliphatic heterocycles. The van der Waals surface area contributed by atoms with E-state index in [4.69, 9.17) is 10.7 Å². The van der Waals surface area contributed by atoms with E-state index in [1.54, 1.807) is 6.07 Å². The molecule has 2 heterocycles. The Kier molecular flexibility index (Phi) is 6.15. The van der Waals surface area contributed by atoms with Gasteiger partial charge in [0.15, 0.2) is 5.17 Å². The molecule has 10 heteroatoms. The quantitative estimate of drug-likeness (QED) is 0.600. The molecule has 0 saturated heterocycles. The van der Waals surface area contributed by atoms with Gasteiger partial charge in [0.05, 0.1) is 11.1 Å². The van der Waals surface area contributed by atoms with E-state index in [1.807, 2.05) is 0 Å². The summed E-state index contributed by atoms with van der Waals surface area (Å²) < 4.78 is 53.2. The Bertz CT molecular complexity index is 1040. The van der Waals surface area contributed by atoms with Crippen molar-refractivity contribution in [1.82, 2.24) is 4.98 Å². The second-order valence-electron chi connectivity index (χ2n) is 8.06. The van der Waals surface area contributed by atoms with Gasteiger partial charge in [0, 0.05) is 23.2 Å². The highest BCUT2D eigenvalue weighted by molar-refractivity contribution is 8.13. The zero-order valence-corrected chi connectivity index (χ0v) is 17.9. The molecule has 2 unspecified atom stereocenters. The molecule has 0 radical (unpaired) electrons. The van der Waals surface area contributed by atoms with E-state index in [1.165, 1.54) is 23.9 Å². The topological polar surface area (TPSA) is 80.4 Å². The molecule has 3 N–H and O–H groups in total. The van der Waals surface area contributed by atoms with Crippen molar-refractivity contribution in [2.75, 3.05) is 11.1 Å². The molecule has 4 rings (SSSR count). The summed E-state index contributed by atoms with van der Waals surface area (Å²) in [6, 6.07) is 6.04. The number of hydrogen-bond acceptors (Lipinski definition) is 5. The summed E-state index contributed by atoms with van der Waals surface area (Å²) in [5.74, 6) is -0.236. The van der Waals surface area contributed by atoms with E-state index in [2.05, 4.69) is 10.3 Å². The second kappa shape index (κ2) is 8.73. The van der Waals surface area contributed by atoms with Gasteiger partial charge in [-0.2, -0.15) is 13.2 Å². The Hall–Kier alpha value is -2.62. The lowest BCUT2D eigenvalue weighted by Gasteiger charge is -2.40. The largest absolute Gasteiger partial charge is 0.417 e. The van der Waals surface area contributed by atoms with Crippen LogP contribution in [-0.4, -0.2) is 21.8 Å². The molecule has 32 heavy (non-hydrogen) atoms. The number of thioether (sulfide) groups is 1. The molecule has 2 atom stereocenters. The van der Waals surface area contributed by atoms with Crippen LogP contribution in [0.25, 0.3) is 0 Å². The lowest BCUT2D eigenvalue weighted by Crippen LogP contribution is -2.40. The number of nitrogens with two attached hydrogens (primary N) is 1. The van der Waals surface area contributed by atoms with Gasteiger partial charge in [-0.25, -0.2) is 4.39 Å². The van der Waals surface area contributed by atoms with Crippen LogP contribution in [0.5, 0.6) is 0 Å². The lowest BCUT2D eigenvalue weighted by atomic mass is 9.75. The molecule has 2 aliphatic rings. The maximum atomic E-state index is 15.0. The van der Waals surface area contributed by atoms with Crippen LogP contribution < -0.4 is 11.1 Å². The van der Waals surface area contributed by atoms with Crippen LogP contribution in [0.1, 0.15) is 53.7 Å². The van der Waals surface area contributed by atoms with E-state index in [9.17, 15) is 18.0 Å². The Morgan fingerprint density at radius 1 is 1.19 bits per heavy atom. The van der Waals surface area contributed by atoms with Gasteiger partial charge < -0.3 is 11.1 Å². The second-order valence-corrected chi connectivity index (χ2v) is 9.10. The summed E-state index contributed by atoms with van der Waals surface area (Å²) in [5.41, 5.74) is 4.83. The van der Waals surface area contributed by atoms with E-state index < -0.39 is 29.0 Å². The molecule has 1 saturated carbocycles. The van der Waals surface area contributed by atoms with Crippen molar-refractivity contribution in [2.24, 2.45) is 16.6 Å². The van der Waals surface area contributed by atoms with Crippen LogP contribution >= 0.6 is 11.8 Å². The van der Waals surface area contributed by atoms with Crippen LogP contribution in [-0.2, 0) is 11.7 Å². The van der Waals surface area contributed by atoms with Gasteiger partial charge in [-0.15, -0.1) is 0 Å². The fourth-order valence-corrected chi connectivity index (χ4v) is 5.47. The summed E-state index contributed by atoms with van der Waals surface area (Å²) >= 11 is 1.47. The standard InChI is InChI=1S/C22H22F4N4OS/c23-17-7-6-15(29-19(31)18-8-5-13(11-28-18)22(24,25)26)10-16(17)21-9-3-1-2-4-14(21)12-32-20(27)30-21/h5-8,10-11,14H,1-4,9,12H2,(H2,27,30)(H,29,31). The van der Waals surface area contributed by atoms with Gasteiger partial charge >= 0.3 is 6.18 Å². The average Bonchev–Trinajstić information content (AvgIpc) is 2.97. The number of nitrogens with one attached hydrogen (secondary N) is 1. The molecular formula is C22H22F4N4OS. The normalized spacial score (nSPS) is 23.6. The fourth-order valence-electron chi connectivity index (χ4n) is 4.43. The van der Waals surface area contributed by atoms with Crippen LogP contribution in [0.2, 0.25) is 0 Å². The van der Waals surface area contributed by atoms with Gasteiger partial charge in [0.1, 0.15) is 11.5 Å². The number of amides is 1. The number of alkyl halides is 3. The molecular weight excluding hydrogens is 444 g/mol. The number of rotatable bonds is 3. The minimum Gasteiger partial charge on any atom is -0.379 e. The Morgan fingerprint density at radius 2 is 2.00 bits per heavy atom. The number of fused-ring (bicyclic) bond motifs is 1. The van der Waals surface area contributed by atoms with Crippen LogP contribution in [0.4, 0.5) is 23.2 Å². The highest BCUT2D eigenvalue weighted by Crippen LogP contribution is 2.49. The predicted octanol–water partition coefficient (Wildman–Crippen LogP) is 5.33. The summed E-state index contributed by atoms with van der Waals surface area (Å²) in [6.07, 6.45) is 0.614. The lowest BCUT2D eigenvalue weighted by molar-refractivity contribution is -0.137. The van der Waals surface area contributed by atoms with Crippen molar-refractivity contribution in [2.45, 2.75) is 43.8 Å². The van der Waals surface area contributed by atoms with Crippen molar-refractivity contribution in [3.8, 4) is 0 Å². The maximum Gasteiger partial charge on any atom is 0.417 e. The number of amidine groups is 1. The molecule has 1 amide bonds. The first-order valence-electron chi connectivity index (χ1n) is 10.3. The summed E-state index contributed by atoms with van der Waals surface area (Å²) in [5, 5.41) is 3.03. The molecule has 0 bridgehead atoms. The number of carbonyl (C=O) groups excluding carboxylic acids is 1. The first-order chi connectivity index (χ1) is 15.2. The Labute approximate surface area is 186 Å². The Morgan fingerprint density at radius 3 is 2.72 bits per heavy atom. The third-order valence-electron chi connectivity index (χ3n) is 6.04. The maximum absolute atomic E-state index is 15.0. The van der Waals surface area contributed by atoms with E-state index >= 15 is 4.39 Å². The average molecular weight is 467 g/mol. The summed E-state index contributed by atoms with van der Waals surface area (Å²) in [4.78, 5) is 20.9. The molecule has 1 aliphatic carbocycles. The molecule has 0 spiro atoms. The third kappa shape index (κ3) is 4.46. The molecule has 1 aromatic carbocycles. The van der Waals surface area contributed by atoms with Gasteiger partial charge in [-0.1, -0.05) is 31.0 Å². The molecule has 170 valence electrons. The molecule has 1 aromatic heterocycles. The molecule has 2 aromatic rings. The van der Waals surface area contributed by atoms with Crippen molar-refractivity contribution >= 4 is 28.5 Å². The first-order valence-corrected chi connectivity index (χ1v) is 11.3. The van der Waals surface area contributed by atoms with Crippen LogP contribution in [0.15, 0.2) is 41.5 Å². The van der Waals surface area contributed by atoms with E-state index in [-0.39, 0.29) is 11.6 Å². The van der Waals surface area contributed by atoms with E-state index in [0.29, 0.717) is 29.0 Å². The van der Waals surface area contributed by atoms with Crippen molar-refractivity contribution in [3.05, 3.63) is 59.2 Å². The predicted molar refractivity (Wildman–Crippen MR) is 116 cm³/mol. The summed E-state index contributed by atoms with van der Waals surface area (Å²) in [6.45, 7) is 0. The number of aliphatic imine (C=N–C) groups is 1.